The van der Waals surface area contributed by atoms with Gasteiger partial charge in [0.1, 0.15) is 0 Å². The number of piperidine rings is 1. The second-order valence-corrected chi connectivity index (χ2v) is 7.93. The van der Waals surface area contributed by atoms with Gasteiger partial charge in [0.15, 0.2) is 5.65 Å². The zero-order valence-electron chi connectivity index (χ0n) is 16.2. The molecule has 1 saturated heterocycles. The standard InChI is InChI=1S/C21H23ClN6O/c22-21-25-19(16-5-10-29-11-6-16)18-13-24-28(20(18)26-21)17-3-8-27(9-4-17)14-15-2-1-7-23-12-15/h1-2,5,7,12-13,17H,3-4,6,8-11,14H2. The maximum Gasteiger partial charge on any atom is 0.224 e. The predicted octanol–water partition coefficient (Wildman–Crippen LogP) is 3.52. The van der Waals surface area contributed by atoms with Crippen molar-refractivity contribution in [2.75, 3.05) is 26.3 Å². The number of nitrogens with zero attached hydrogens (tertiary/aromatic N) is 6. The van der Waals surface area contributed by atoms with E-state index in [0.29, 0.717) is 19.3 Å². The van der Waals surface area contributed by atoms with Crippen molar-refractivity contribution >= 4 is 28.2 Å². The number of hydrogen-bond donors (Lipinski definition) is 0. The highest BCUT2D eigenvalue weighted by Crippen LogP contribution is 2.31. The van der Waals surface area contributed by atoms with Gasteiger partial charge in [-0.05, 0) is 48.1 Å². The van der Waals surface area contributed by atoms with Gasteiger partial charge in [-0.1, -0.05) is 12.1 Å². The second kappa shape index (κ2) is 8.18. The third-order valence-corrected chi connectivity index (χ3v) is 5.89. The van der Waals surface area contributed by atoms with Crippen molar-refractivity contribution in [3.8, 4) is 0 Å². The zero-order valence-corrected chi connectivity index (χ0v) is 16.9. The highest BCUT2D eigenvalue weighted by atomic mass is 35.5. The van der Waals surface area contributed by atoms with Crippen molar-refractivity contribution < 1.29 is 4.74 Å². The van der Waals surface area contributed by atoms with E-state index in [1.165, 1.54) is 5.56 Å². The molecule has 0 saturated carbocycles. The summed E-state index contributed by atoms with van der Waals surface area (Å²) in [6, 6.07) is 4.44. The highest BCUT2D eigenvalue weighted by molar-refractivity contribution is 6.28. The molecule has 0 unspecified atom stereocenters. The van der Waals surface area contributed by atoms with Crippen molar-refractivity contribution in [3.63, 3.8) is 0 Å². The molecule has 5 heterocycles. The molecule has 0 radical (unpaired) electrons. The van der Waals surface area contributed by atoms with Gasteiger partial charge in [-0.2, -0.15) is 10.1 Å². The monoisotopic (exact) mass is 410 g/mol. The van der Waals surface area contributed by atoms with E-state index in [-0.39, 0.29) is 5.28 Å². The molecule has 8 heteroatoms. The molecular formula is C21H23ClN6O. The normalized spacial score (nSPS) is 18.9. The summed E-state index contributed by atoms with van der Waals surface area (Å²) >= 11 is 6.29. The molecule has 2 aliphatic heterocycles. The summed E-state index contributed by atoms with van der Waals surface area (Å²) in [6.07, 6.45) is 10.6. The van der Waals surface area contributed by atoms with Crippen LogP contribution in [0.3, 0.4) is 0 Å². The minimum Gasteiger partial charge on any atom is -0.377 e. The number of hydrogen-bond acceptors (Lipinski definition) is 6. The van der Waals surface area contributed by atoms with Crippen LogP contribution in [0.25, 0.3) is 16.6 Å². The Morgan fingerprint density at radius 1 is 1.17 bits per heavy atom. The van der Waals surface area contributed by atoms with E-state index in [1.54, 1.807) is 0 Å². The van der Waals surface area contributed by atoms with Gasteiger partial charge in [-0.15, -0.1) is 0 Å². The van der Waals surface area contributed by atoms with Crippen LogP contribution in [0.2, 0.25) is 5.28 Å². The average Bonchev–Trinajstić information content (AvgIpc) is 3.19. The van der Waals surface area contributed by atoms with Gasteiger partial charge in [-0.25, -0.2) is 9.67 Å². The highest BCUT2D eigenvalue weighted by Gasteiger charge is 2.25. The number of aromatic nitrogens is 5. The maximum atomic E-state index is 6.29. The quantitative estimate of drug-likeness (QED) is 0.613. The van der Waals surface area contributed by atoms with Crippen LogP contribution in [0.5, 0.6) is 0 Å². The van der Waals surface area contributed by atoms with Gasteiger partial charge in [0, 0.05) is 32.0 Å². The molecule has 0 aliphatic carbocycles. The average molecular weight is 411 g/mol. The Hall–Kier alpha value is -2.35. The molecule has 0 N–H and O–H groups in total. The number of rotatable bonds is 4. The van der Waals surface area contributed by atoms with Crippen LogP contribution in [0.15, 0.2) is 36.8 Å². The Morgan fingerprint density at radius 3 is 2.83 bits per heavy atom. The molecule has 29 heavy (non-hydrogen) atoms. The van der Waals surface area contributed by atoms with Gasteiger partial charge in [0.05, 0.1) is 36.5 Å². The Morgan fingerprint density at radius 2 is 2.07 bits per heavy atom. The topological polar surface area (TPSA) is 69.0 Å². The van der Waals surface area contributed by atoms with Crippen LogP contribution in [-0.2, 0) is 11.3 Å². The second-order valence-electron chi connectivity index (χ2n) is 7.59. The third kappa shape index (κ3) is 3.90. The number of fused-ring (bicyclic) bond motifs is 1. The molecule has 1 fully saturated rings. The molecular weight excluding hydrogens is 388 g/mol. The molecule has 0 amide bonds. The van der Waals surface area contributed by atoms with E-state index < -0.39 is 0 Å². The van der Waals surface area contributed by atoms with Crippen molar-refractivity contribution in [3.05, 3.63) is 53.3 Å². The van der Waals surface area contributed by atoms with Crippen LogP contribution in [0.4, 0.5) is 0 Å². The lowest BCUT2D eigenvalue weighted by atomic mass is 10.0. The summed E-state index contributed by atoms with van der Waals surface area (Å²) in [6.45, 7) is 4.30. The van der Waals surface area contributed by atoms with Crippen molar-refractivity contribution in [1.29, 1.82) is 0 Å². The number of pyridine rings is 1. The summed E-state index contributed by atoms with van der Waals surface area (Å²) in [5.41, 5.74) is 4.14. The number of halogens is 1. The summed E-state index contributed by atoms with van der Waals surface area (Å²) < 4.78 is 7.48. The van der Waals surface area contributed by atoms with Crippen LogP contribution < -0.4 is 0 Å². The van der Waals surface area contributed by atoms with Gasteiger partial charge in [-0.3, -0.25) is 9.88 Å². The van der Waals surface area contributed by atoms with Crippen molar-refractivity contribution in [2.24, 2.45) is 0 Å². The Kier molecular flexibility index (Phi) is 5.26. The third-order valence-electron chi connectivity index (χ3n) is 5.73. The zero-order chi connectivity index (χ0) is 19.6. The molecule has 7 nitrogen and oxygen atoms in total. The Labute approximate surface area is 174 Å². The SMILES string of the molecule is Clc1nc(C2=CCOCC2)c2cnn(C3CCN(Cc4cccnc4)CC3)c2n1. The summed E-state index contributed by atoms with van der Waals surface area (Å²) in [5.74, 6) is 0. The lowest BCUT2D eigenvalue weighted by molar-refractivity contribution is 0.161. The molecule has 5 rings (SSSR count). The van der Waals surface area contributed by atoms with Crippen molar-refractivity contribution in [2.45, 2.75) is 31.8 Å². The fourth-order valence-electron chi connectivity index (χ4n) is 4.23. The molecule has 0 bridgehead atoms. The Balaban J connectivity index is 1.36. The van der Waals surface area contributed by atoms with Crippen LogP contribution >= 0.6 is 11.6 Å². The molecule has 150 valence electrons. The van der Waals surface area contributed by atoms with Crippen LogP contribution in [0.1, 0.15) is 36.6 Å². The molecule has 2 aliphatic rings. The molecule has 0 atom stereocenters. The van der Waals surface area contributed by atoms with E-state index in [0.717, 1.165) is 61.2 Å². The minimum absolute atomic E-state index is 0.274. The molecule has 0 aromatic carbocycles. The first-order valence-corrected chi connectivity index (χ1v) is 10.4. The number of likely N-dealkylation sites (tertiary alicyclic amines) is 1. The fraction of sp³-hybridized carbons (Fsp3) is 0.429. The van der Waals surface area contributed by atoms with Gasteiger partial charge < -0.3 is 4.74 Å². The van der Waals surface area contributed by atoms with Crippen LogP contribution in [0, 0.1) is 0 Å². The first-order chi connectivity index (χ1) is 14.3. The number of ether oxygens (including phenoxy) is 1. The van der Waals surface area contributed by atoms with E-state index >= 15 is 0 Å². The van der Waals surface area contributed by atoms with Gasteiger partial charge in [0.25, 0.3) is 0 Å². The minimum atomic E-state index is 0.274. The maximum absolute atomic E-state index is 6.29. The van der Waals surface area contributed by atoms with Gasteiger partial charge >= 0.3 is 0 Å². The molecule has 3 aromatic heterocycles. The van der Waals surface area contributed by atoms with Crippen LogP contribution in [-0.4, -0.2) is 55.9 Å². The first kappa shape index (κ1) is 18.7. The van der Waals surface area contributed by atoms with E-state index in [1.807, 2.05) is 29.3 Å². The van der Waals surface area contributed by atoms with E-state index in [2.05, 4.69) is 32.0 Å². The smallest absolute Gasteiger partial charge is 0.224 e. The summed E-state index contributed by atoms with van der Waals surface area (Å²) in [5, 5.41) is 5.94. The lowest BCUT2D eigenvalue weighted by Crippen LogP contribution is -2.34. The van der Waals surface area contributed by atoms with E-state index in [4.69, 9.17) is 21.4 Å². The van der Waals surface area contributed by atoms with Crippen molar-refractivity contribution in [1.82, 2.24) is 29.6 Å². The Bertz CT molecular complexity index is 1030. The molecule has 3 aromatic rings. The molecule has 0 spiro atoms. The van der Waals surface area contributed by atoms with Gasteiger partial charge in [0.2, 0.25) is 5.28 Å². The fourth-order valence-corrected chi connectivity index (χ4v) is 4.39. The summed E-state index contributed by atoms with van der Waals surface area (Å²) in [4.78, 5) is 15.7. The largest absolute Gasteiger partial charge is 0.377 e. The first-order valence-electron chi connectivity index (χ1n) is 10.1. The summed E-state index contributed by atoms with van der Waals surface area (Å²) in [7, 11) is 0. The lowest BCUT2D eigenvalue weighted by Gasteiger charge is -2.32. The van der Waals surface area contributed by atoms with E-state index in [9.17, 15) is 0 Å². The predicted molar refractivity (Wildman–Crippen MR) is 112 cm³/mol.